The Bertz CT molecular complexity index is 1680. The summed E-state index contributed by atoms with van der Waals surface area (Å²) in [7, 11) is 0. The smallest absolute Gasteiger partial charge is 0.255 e. The van der Waals surface area contributed by atoms with Gasteiger partial charge in [0.2, 0.25) is 0 Å². The van der Waals surface area contributed by atoms with Gasteiger partial charge in [0.1, 0.15) is 5.82 Å². The number of nitrogens with one attached hydrogen (secondary N) is 2. The molecule has 40 heavy (non-hydrogen) atoms. The Hall–Kier alpha value is -4.33. The lowest BCUT2D eigenvalue weighted by Gasteiger charge is -2.27. The van der Waals surface area contributed by atoms with E-state index in [-0.39, 0.29) is 17.7 Å². The van der Waals surface area contributed by atoms with Crippen LogP contribution in [0, 0.1) is 17.7 Å². The Morgan fingerprint density at radius 2 is 1.98 bits per heavy atom. The van der Waals surface area contributed by atoms with Gasteiger partial charge < -0.3 is 14.8 Å². The maximum Gasteiger partial charge on any atom is 0.255 e. The fraction of sp³-hybridized carbons (Fsp3) is 0.267. The van der Waals surface area contributed by atoms with Crippen LogP contribution < -0.4 is 10.6 Å². The van der Waals surface area contributed by atoms with Gasteiger partial charge in [-0.25, -0.2) is 14.4 Å². The summed E-state index contributed by atoms with van der Waals surface area (Å²) in [6, 6.07) is 10.0. The van der Waals surface area contributed by atoms with Crippen molar-refractivity contribution in [3.63, 3.8) is 0 Å². The van der Waals surface area contributed by atoms with Crippen molar-refractivity contribution < 1.29 is 14.0 Å². The van der Waals surface area contributed by atoms with Crippen LogP contribution in [-0.2, 0) is 24.3 Å². The van der Waals surface area contributed by atoms with Crippen LogP contribution in [0.3, 0.4) is 0 Å². The van der Waals surface area contributed by atoms with E-state index in [1.165, 1.54) is 27.9 Å². The van der Waals surface area contributed by atoms with Crippen LogP contribution in [0.2, 0.25) is 0 Å². The van der Waals surface area contributed by atoms with Crippen molar-refractivity contribution in [2.75, 3.05) is 18.4 Å². The molecule has 2 aromatic heterocycles. The first-order valence-electron chi connectivity index (χ1n) is 13.3. The van der Waals surface area contributed by atoms with E-state index in [0.29, 0.717) is 22.3 Å². The van der Waals surface area contributed by atoms with Crippen molar-refractivity contribution in [2.45, 2.75) is 37.9 Å². The number of fused-ring (bicyclic) bond motifs is 2. The molecule has 0 saturated carbocycles. The van der Waals surface area contributed by atoms with Crippen molar-refractivity contribution in [2.24, 2.45) is 0 Å². The number of aromatic nitrogens is 3. The van der Waals surface area contributed by atoms with E-state index >= 15 is 4.39 Å². The second kappa shape index (κ2) is 10.0. The number of imidazole rings is 1. The van der Waals surface area contributed by atoms with Crippen LogP contribution in [0.5, 0.6) is 0 Å². The number of nitrogens with zero attached hydrogens (tertiary/aromatic N) is 4. The van der Waals surface area contributed by atoms with Crippen LogP contribution in [0.25, 0.3) is 0 Å². The number of benzene rings is 2. The lowest BCUT2D eigenvalue weighted by Crippen LogP contribution is -2.39. The average molecular weight is 553 g/mol. The third kappa shape index (κ3) is 4.37. The molecular formula is C30H25FN6O2S. The molecular weight excluding hydrogens is 527 g/mol. The number of carbonyl (C=O) groups is 2. The van der Waals surface area contributed by atoms with Gasteiger partial charge in [0.25, 0.3) is 11.8 Å². The molecule has 7 rings (SSSR count). The summed E-state index contributed by atoms with van der Waals surface area (Å²) in [6.07, 6.45) is 5.01. The molecule has 0 radical (unpaired) electrons. The maximum absolute atomic E-state index is 15.4. The molecule has 1 unspecified atom stereocenters. The van der Waals surface area contributed by atoms with Crippen LogP contribution in [0.1, 0.15) is 62.4 Å². The molecule has 0 bridgehead atoms. The predicted molar refractivity (Wildman–Crippen MR) is 148 cm³/mol. The highest BCUT2D eigenvalue weighted by Gasteiger charge is 2.42. The second-order valence-electron chi connectivity index (χ2n) is 10.2. The van der Waals surface area contributed by atoms with Crippen molar-refractivity contribution >= 4 is 28.3 Å². The summed E-state index contributed by atoms with van der Waals surface area (Å²) in [5.74, 6) is 5.27. The van der Waals surface area contributed by atoms with Crippen molar-refractivity contribution in [1.82, 2.24) is 24.8 Å². The molecule has 5 heterocycles. The van der Waals surface area contributed by atoms with Gasteiger partial charge >= 0.3 is 0 Å². The van der Waals surface area contributed by atoms with Gasteiger partial charge in [-0.3, -0.25) is 14.9 Å². The van der Waals surface area contributed by atoms with E-state index in [2.05, 4.69) is 44.6 Å². The van der Waals surface area contributed by atoms with Crippen LogP contribution in [0.4, 0.5) is 9.52 Å². The van der Waals surface area contributed by atoms with Crippen LogP contribution in [-0.4, -0.2) is 44.3 Å². The minimum atomic E-state index is -1.02. The van der Waals surface area contributed by atoms with Gasteiger partial charge in [-0.05, 0) is 42.7 Å². The van der Waals surface area contributed by atoms with E-state index in [9.17, 15) is 9.59 Å². The molecule has 0 spiro atoms. The minimum absolute atomic E-state index is 0.0343. The maximum atomic E-state index is 15.4. The Labute approximate surface area is 234 Å². The van der Waals surface area contributed by atoms with Gasteiger partial charge in [-0.2, -0.15) is 0 Å². The Kier molecular flexibility index (Phi) is 6.18. The molecule has 1 fully saturated rings. The highest BCUT2D eigenvalue weighted by molar-refractivity contribution is 7.13. The highest BCUT2D eigenvalue weighted by atomic mass is 32.1. The molecule has 0 aliphatic carbocycles. The Balaban J connectivity index is 1.18. The number of carbonyl (C=O) groups excluding carboxylic acids is 2. The zero-order valence-electron chi connectivity index (χ0n) is 21.5. The standard InChI is InChI=1S/C30H25FN6O2S/c31-24-13-19(4-3-18-5-7-20(8-6-18)21-14-32-15-21)12-22-23(24)16-37(29(22)39)27(28(38)35-30-33-9-11-40-30)26-25-2-1-10-36(25)17-34-26/h5-9,11-13,17,21,27,32H,1-2,10,14-16H2,(H,33,35,38). The molecule has 200 valence electrons. The third-order valence-corrected chi connectivity index (χ3v) is 8.49. The van der Waals surface area contributed by atoms with Crippen molar-refractivity contribution in [3.8, 4) is 11.8 Å². The molecule has 2 aromatic carbocycles. The second-order valence-corrected chi connectivity index (χ2v) is 11.1. The fourth-order valence-electron chi connectivity index (χ4n) is 5.58. The number of amides is 2. The quantitative estimate of drug-likeness (QED) is 0.367. The molecule has 3 aliphatic heterocycles. The van der Waals surface area contributed by atoms with E-state index in [1.807, 2.05) is 16.7 Å². The summed E-state index contributed by atoms with van der Waals surface area (Å²) < 4.78 is 17.4. The highest BCUT2D eigenvalue weighted by Crippen LogP contribution is 2.36. The zero-order valence-corrected chi connectivity index (χ0v) is 22.3. The Morgan fingerprint density at radius 1 is 1.15 bits per heavy atom. The number of thiazole rings is 1. The fourth-order valence-corrected chi connectivity index (χ4v) is 6.11. The SMILES string of the molecule is O=C(Nc1nccs1)C(c1ncn2c1CCC2)N1Cc2c(F)cc(C#Cc3ccc(C4CNC4)cc3)cc2C1=O. The monoisotopic (exact) mass is 552 g/mol. The largest absolute Gasteiger partial charge is 0.334 e. The average Bonchev–Trinajstić information content (AvgIpc) is 3.71. The lowest BCUT2D eigenvalue weighted by molar-refractivity contribution is -0.121. The lowest BCUT2D eigenvalue weighted by atomic mass is 9.93. The summed E-state index contributed by atoms with van der Waals surface area (Å²) in [5.41, 5.74) is 4.43. The van der Waals surface area contributed by atoms with E-state index in [0.717, 1.165) is 43.7 Å². The first kappa shape index (κ1) is 24.7. The number of halogens is 1. The molecule has 10 heteroatoms. The number of aryl methyl sites for hydroxylation is 1. The zero-order chi connectivity index (χ0) is 27.2. The van der Waals surface area contributed by atoms with Gasteiger partial charge in [-0.1, -0.05) is 24.0 Å². The summed E-state index contributed by atoms with van der Waals surface area (Å²) in [6.45, 7) is 2.75. The molecule has 2 N–H and O–H groups in total. The normalized spacial score (nSPS) is 16.6. The first-order chi connectivity index (χ1) is 19.5. The molecule has 8 nitrogen and oxygen atoms in total. The third-order valence-electron chi connectivity index (χ3n) is 7.80. The van der Waals surface area contributed by atoms with Gasteiger partial charge in [0, 0.05) is 65.1 Å². The predicted octanol–water partition coefficient (Wildman–Crippen LogP) is 3.85. The molecule has 1 saturated heterocycles. The molecule has 2 amide bonds. The number of rotatable bonds is 5. The summed E-state index contributed by atoms with van der Waals surface area (Å²) in [4.78, 5) is 37.4. The summed E-state index contributed by atoms with van der Waals surface area (Å²) in [5, 5.41) is 8.27. The van der Waals surface area contributed by atoms with Gasteiger partial charge in [0.05, 0.1) is 18.6 Å². The van der Waals surface area contributed by atoms with E-state index in [4.69, 9.17) is 0 Å². The van der Waals surface area contributed by atoms with Crippen LogP contribution in [0.15, 0.2) is 54.3 Å². The first-order valence-corrected chi connectivity index (χ1v) is 14.1. The number of anilines is 1. The van der Waals surface area contributed by atoms with E-state index < -0.39 is 23.7 Å². The number of hydrogen-bond acceptors (Lipinski definition) is 6. The molecule has 1 atom stereocenters. The topological polar surface area (TPSA) is 92.2 Å². The molecule has 3 aliphatic rings. The van der Waals surface area contributed by atoms with Crippen molar-refractivity contribution in [1.29, 1.82) is 0 Å². The minimum Gasteiger partial charge on any atom is -0.334 e. The van der Waals surface area contributed by atoms with Crippen LogP contribution >= 0.6 is 11.3 Å². The summed E-state index contributed by atoms with van der Waals surface area (Å²) >= 11 is 1.29. The van der Waals surface area contributed by atoms with Gasteiger partial charge in [0.15, 0.2) is 11.2 Å². The number of hydrogen-bond donors (Lipinski definition) is 2. The van der Waals surface area contributed by atoms with Crippen molar-refractivity contribution in [3.05, 3.63) is 99.3 Å². The Morgan fingerprint density at radius 3 is 2.73 bits per heavy atom. The molecule has 4 aromatic rings. The van der Waals surface area contributed by atoms with Gasteiger partial charge in [-0.15, -0.1) is 11.3 Å². The van der Waals surface area contributed by atoms with E-state index in [1.54, 1.807) is 24.0 Å².